The smallest absolute Gasteiger partial charge is 0.246 e. The van der Waals surface area contributed by atoms with Crippen LogP contribution < -0.4 is 0 Å². The lowest BCUT2D eigenvalue weighted by Crippen LogP contribution is -2.45. The van der Waals surface area contributed by atoms with Crippen molar-refractivity contribution < 1.29 is 17.9 Å². The van der Waals surface area contributed by atoms with E-state index >= 15 is 0 Å². The molecule has 0 radical (unpaired) electrons. The van der Waals surface area contributed by atoms with Crippen LogP contribution in [0.2, 0.25) is 0 Å². The molecule has 0 aliphatic rings. The molecular formula is C14H20FNO3S. The van der Waals surface area contributed by atoms with Crippen LogP contribution >= 0.6 is 0 Å². The number of aliphatic hydroxyl groups excluding tert-OH is 1. The maximum atomic E-state index is 14.0. The van der Waals surface area contributed by atoms with Gasteiger partial charge < -0.3 is 5.11 Å². The number of aliphatic hydroxyl groups is 1. The van der Waals surface area contributed by atoms with Gasteiger partial charge in [-0.25, -0.2) is 12.8 Å². The molecule has 0 aliphatic heterocycles. The minimum Gasteiger partial charge on any atom is -0.392 e. The fourth-order valence-corrected chi connectivity index (χ4v) is 3.63. The first-order valence-electron chi connectivity index (χ1n) is 6.17. The first kappa shape index (κ1) is 16.8. The monoisotopic (exact) mass is 301 g/mol. The van der Waals surface area contributed by atoms with Crippen LogP contribution in [0.3, 0.4) is 0 Å². The van der Waals surface area contributed by atoms with E-state index in [4.69, 9.17) is 5.11 Å². The van der Waals surface area contributed by atoms with E-state index in [1.807, 2.05) is 0 Å². The molecule has 0 unspecified atom stereocenters. The van der Waals surface area contributed by atoms with E-state index in [0.29, 0.717) is 5.56 Å². The summed E-state index contributed by atoms with van der Waals surface area (Å²) in [5.74, 6) is -0.866. The minimum absolute atomic E-state index is 0.0903. The number of rotatable bonds is 5. The van der Waals surface area contributed by atoms with Crippen LogP contribution in [-0.2, 0) is 16.6 Å². The van der Waals surface area contributed by atoms with Gasteiger partial charge in [-0.3, -0.25) is 0 Å². The van der Waals surface area contributed by atoms with Crippen molar-refractivity contribution in [1.29, 1.82) is 0 Å². The van der Waals surface area contributed by atoms with Crippen molar-refractivity contribution in [1.82, 2.24) is 4.31 Å². The van der Waals surface area contributed by atoms with E-state index < -0.39 is 26.3 Å². The number of halogens is 1. The number of hydrogen-bond acceptors (Lipinski definition) is 3. The average molecular weight is 301 g/mol. The molecule has 0 aliphatic carbocycles. The van der Waals surface area contributed by atoms with Crippen LogP contribution in [0.25, 0.3) is 0 Å². The highest BCUT2D eigenvalue weighted by molar-refractivity contribution is 7.89. The Hall–Kier alpha value is -1.24. The number of sulfonamides is 1. The summed E-state index contributed by atoms with van der Waals surface area (Å²) in [4.78, 5) is -0.397. The average Bonchev–Trinajstić information content (AvgIpc) is 2.33. The molecule has 1 aromatic rings. The van der Waals surface area contributed by atoms with Gasteiger partial charge >= 0.3 is 0 Å². The third-order valence-corrected chi connectivity index (χ3v) is 4.95. The molecule has 20 heavy (non-hydrogen) atoms. The lowest BCUT2D eigenvalue weighted by molar-refractivity contribution is 0.268. The van der Waals surface area contributed by atoms with Gasteiger partial charge in [-0.05, 0) is 38.5 Å². The second-order valence-corrected chi connectivity index (χ2v) is 7.25. The normalized spacial score (nSPS) is 12.7. The summed E-state index contributed by atoms with van der Waals surface area (Å²) in [6.45, 7) is 8.48. The van der Waals surface area contributed by atoms with Crippen LogP contribution in [0.5, 0.6) is 0 Å². The lowest BCUT2D eigenvalue weighted by atomic mass is 10.1. The van der Waals surface area contributed by atoms with Crippen LogP contribution in [-0.4, -0.2) is 29.9 Å². The Morgan fingerprint density at radius 2 is 2.00 bits per heavy atom. The van der Waals surface area contributed by atoms with Gasteiger partial charge in [-0.2, -0.15) is 4.31 Å². The highest BCUT2D eigenvalue weighted by Gasteiger charge is 2.34. The minimum atomic E-state index is -3.97. The number of benzene rings is 1. The van der Waals surface area contributed by atoms with Gasteiger partial charge in [0.1, 0.15) is 10.7 Å². The molecule has 6 heteroatoms. The molecule has 112 valence electrons. The van der Waals surface area contributed by atoms with Crippen molar-refractivity contribution in [2.75, 3.05) is 6.54 Å². The molecule has 0 fully saturated rings. The number of hydrogen-bond donors (Lipinski definition) is 1. The van der Waals surface area contributed by atoms with Gasteiger partial charge in [0, 0.05) is 12.1 Å². The Morgan fingerprint density at radius 3 is 2.40 bits per heavy atom. The van der Waals surface area contributed by atoms with Crippen LogP contribution in [0.1, 0.15) is 26.3 Å². The zero-order valence-electron chi connectivity index (χ0n) is 11.9. The van der Waals surface area contributed by atoms with E-state index in [1.54, 1.807) is 20.8 Å². The van der Waals surface area contributed by atoms with E-state index in [9.17, 15) is 12.8 Å². The molecule has 0 saturated carbocycles. The van der Waals surface area contributed by atoms with Crippen molar-refractivity contribution >= 4 is 10.0 Å². The second-order valence-electron chi connectivity index (χ2n) is 5.42. The third kappa shape index (κ3) is 3.45. The van der Waals surface area contributed by atoms with Crippen LogP contribution in [0.4, 0.5) is 4.39 Å². The lowest BCUT2D eigenvalue weighted by Gasteiger charge is -2.33. The van der Waals surface area contributed by atoms with Gasteiger partial charge in [0.25, 0.3) is 0 Å². The molecule has 0 aromatic heterocycles. The topological polar surface area (TPSA) is 57.6 Å². The first-order valence-corrected chi connectivity index (χ1v) is 7.61. The fourth-order valence-electron chi connectivity index (χ4n) is 1.82. The summed E-state index contributed by atoms with van der Waals surface area (Å²) >= 11 is 0. The molecule has 0 atom stereocenters. The highest BCUT2D eigenvalue weighted by Crippen LogP contribution is 2.26. The maximum absolute atomic E-state index is 14.0. The molecule has 4 nitrogen and oxygen atoms in total. The van der Waals surface area contributed by atoms with E-state index in [0.717, 1.165) is 6.07 Å². The third-order valence-electron chi connectivity index (χ3n) is 2.79. The summed E-state index contributed by atoms with van der Waals surface area (Å²) in [7, 11) is -3.97. The molecular weight excluding hydrogens is 281 g/mol. The van der Waals surface area contributed by atoms with Crippen molar-refractivity contribution in [2.45, 2.75) is 37.8 Å². The van der Waals surface area contributed by atoms with Gasteiger partial charge in [0.05, 0.1) is 6.61 Å². The molecule has 0 spiro atoms. The molecule has 0 heterocycles. The van der Waals surface area contributed by atoms with E-state index in [1.165, 1.54) is 22.5 Å². The first-order chi connectivity index (χ1) is 9.14. The molecule has 1 rings (SSSR count). The quantitative estimate of drug-likeness (QED) is 0.849. The highest BCUT2D eigenvalue weighted by atomic mass is 32.2. The van der Waals surface area contributed by atoms with Crippen LogP contribution in [0, 0.1) is 5.82 Å². The Bertz CT molecular complexity index is 591. The SMILES string of the molecule is C=CCN(C(C)(C)C)S(=O)(=O)c1ccc(CO)cc1F. The predicted octanol–water partition coefficient (Wildman–Crippen LogP) is 2.29. The zero-order chi connectivity index (χ0) is 15.6. The Labute approximate surface area is 119 Å². The summed E-state index contributed by atoms with van der Waals surface area (Å²) < 4.78 is 40.3. The van der Waals surface area contributed by atoms with E-state index in [-0.39, 0.29) is 13.2 Å². The molecule has 1 N–H and O–H groups in total. The van der Waals surface area contributed by atoms with Crippen LogP contribution in [0.15, 0.2) is 35.7 Å². The Morgan fingerprint density at radius 1 is 1.40 bits per heavy atom. The summed E-state index contributed by atoms with van der Waals surface area (Å²) in [5, 5.41) is 8.94. The van der Waals surface area contributed by atoms with Gasteiger partial charge in [-0.15, -0.1) is 6.58 Å². The fraction of sp³-hybridized carbons (Fsp3) is 0.429. The summed E-state index contributed by atoms with van der Waals surface area (Å²) in [6, 6.07) is 3.60. The largest absolute Gasteiger partial charge is 0.392 e. The summed E-state index contributed by atoms with van der Waals surface area (Å²) in [6.07, 6.45) is 1.46. The Kier molecular flexibility index (Phi) is 5.07. The molecule has 0 amide bonds. The van der Waals surface area contributed by atoms with Crippen molar-refractivity contribution in [3.05, 3.63) is 42.2 Å². The standard InChI is InChI=1S/C14H20FNO3S/c1-5-8-16(14(2,3)4)20(18,19)13-7-6-11(10-17)9-12(13)15/h5-7,9,17H,1,8,10H2,2-4H3. The predicted molar refractivity (Wildman–Crippen MR) is 76.2 cm³/mol. The molecule has 0 bridgehead atoms. The Balaban J connectivity index is 3.37. The molecule has 1 aromatic carbocycles. The zero-order valence-corrected chi connectivity index (χ0v) is 12.7. The van der Waals surface area contributed by atoms with Gasteiger partial charge in [0.15, 0.2) is 0 Å². The maximum Gasteiger partial charge on any atom is 0.246 e. The molecule has 0 saturated heterocycles. The summed E-state index contributed by atoms with van der Waals surface area (Å²) in [5.41, 5.74) is -0.373. The van der Waals surface area contributed by atoms with Gasteiger partial charge in [-0.1, -0.05) is 12.1 Å². The second kappa shape index (κ2) is 6.03. The van der Waals surface area contributed by atoms with Crippen molar-refractivity contribution in [2.24, 2.45) is 0 Å². The van der Waals surface area contributed by atoms with E-state index in [2.05, 4.69) is 6.58 Å². The van der Waals surface area contributed by atoms with Crippen molar-refractivity contribution in [3.8, 4) is 0 Å². The van der Waals surface area contributed by atoms with Crippen molar-refractivity contribution in [3.63, 3.8) is 0 Å². The number of nitrogens with zero attached hydrogens (tertiary/aromatic N) is 1. The van der Waals surface area contributed by atoms with Gasteiger partial charge in [0.2, 0.25) is 10.0 Å².